The number of hydrogen-bond donors (Lipinski definition) is 0. The van der Waals surface area contributed by atoms with Crippen LogP contribution in [0, 0.1) is 0 Å². The first kappa shape index (κ1) is 29.4. The Bertz CT molecular complexity index is 2930. The molecule has 0 aliphatic heterocycles. The summed E-state index contributed by atoms with van der Waals surface area (Å²) in [4.78, 5) is 15.2. The van der Waals surface area contributed by atoms with Crippen LogP contribution in [0.15, 0.2) is 176 Å². The van der Waals surface area contributed by atoms with Crippen molar-refractivity contribution >= 4 is 53.2 Å². The van der Waals surface area contributed by atoms with E-state index in [1.807, 2.05) is 53.8 Å². The first-order valence-corrected chi connectivity index (χ1v) is 17.9. The van der Waals surface area contributed by atoms with E-state index in [0.717, 1.165) is 44.5 Å². The molecule has 7 aromatic carbocycles. The van der Waals surface area contributed by atoms with Crippen molar-refractivity contribution in [3.63, 3.8) is 0 Å². The molecule has 3 aromatic heterocycles. The van der Waals surface area contributed by atoms with Gasteiger partial charge in [0.1, 0.15) is 5.69 Å². The van der Waals surface area contributed by atoms with Gasteiger partial charge in [0.25, 0.3) is 0 Å². The molecule has 0 radical (unpaired) electrons. The van der Waals surface area contributed by atoms with Crippen LogP contribution in [0.25, 0.3) is 98.1 Å². The number of rotatable bonds is 5. The molecular weight excluding hydrogens is 639 g/mol. The summed E-state index contributed by atoms with van der Waals surface area (Å²) in [6, 6.07) is 62.1. The third kappa shape index (κ3) is 5.16. The molecular formula is C47H29N3S. The number of hydrogen-bond acceptors (Lipinski definition) is 4. The topological polar surface area (TPSA) is 38.7 Å². The smallest absolute Gasteiger partial charge is 0.179 e. The lowest BCUT2D eigenvalue weighted by molar-refractivity contribution is 1.16. The van der Waals surface area contributed by atoms with Gasteiger partial charge in [0.2, 0.25) is 0 Å². The third-order valence-corrected chi connectivity index (χ3v) is 10.9. The molecule has 0 aliphatic carbocycles. The Morgan fingerprint density at radius 1 is 0.353 bits per heavy atom. The minimum Gasteiger partial charge on any atom is -0.244 e. The highest BCUT2D eigenvalue weighted by Gasteiger charge is 2.17. The minimum atomic E-state index is 0.605. The summed E-state index contributed by atoms with van der Waals surface area (Å²) >= 11 is 1.87. The fourth-order valence-electron chi connectivity index (χ4n) is 7.25. The lowest BCUT2D eigenvalue weighted by atomic mass is 9.92. The molecule has 10 aromatic rings. The highest BCUT2D eigenvalue weighted by atomic mass is 32.1. The van der Waals surface area contributed by atoms with Crippen LogP contribution in [0.4, 0.5) is 0 Å². The monoisotopic (exact) mass is 667 g/mol. The second-order valence-corrected chi connectivity index (χ2v) is 13.8. The van der Waals surface area contributed by atoms with Crippen molar-refractivity contribution < 1.29 is 0 Å². The van der Waals surface area contributed by atoms with E-state index in [-0.39, 0.29) is 0 Å². The van der Waals surface area contributed by atoms with E-state index in [9.17, 15) is 0 Å². The van der Waals surface area contributed by atoms with Crippen LogP contribution < -0.4 is 0 Å². The Hall–Kier alpha value is -6.49. The Morgan fingerprint density at radius 2 is 1.00 bits per heavy atom. The highest BCUT2D eigenvalue weighted by Crippen LogP contribution is 2.42. The Morgan fingerprint density at radius 3 is 1.88 bits per heavy atom. The van der Waals surface area contributed by atoms with Crippen LogP contribution in [-0.4, -0.2) is 15.0 Å². The lowest BCUT2D eigenvalue weighted by Crippen LogP contribution is -1.98. The number of pyridine rings is 1. The zero-order valence-corrected chi connectivity index (χ0v) is 28.3. The summed E-state index contributed by atoms with van der Waals surface area (Å²) in [6.45, 7) is 0. The van der Waals surface area contributed by atoms with Crippen LogP contribution in [-0.2, 0) is 0 Å². The van der Waals surface area contributed by atoms with Crippen molar-refractivity contribution in [1.82, 2.24) is 15.0 Å². The molecule has 0 fully saturated rings. The summed E-state index contributed by atoms with van der Waals surface area (Å²) in [7, 11) is 0. The molecule has 0 saturated heterocycles. The van der Waals surface area contributed by atoms with Gasteiger partial charge in [0.15, 0.2) is 5.82 Å². The number of fused-ring (bicyclic) bond motifs is 5. The van der Waals surface area contributed by atoms with Crippen LogP contribution in [0.5, 0.6) is 0 Å². The molecule has 10 rings (SSSR count). The maximum atomic E-state index is 5.19. The van der Waals surface area contributed by atoms with Gasteiger partial charge in [-0.25, -0.2) is 15.0 Å². The molecule has 0 amide bonds. The van der Waals surface area contributed by atoms with Gasteiger partial charge >= 0.3 is 0 Å². The molecule has 0 N–H and O–H groups in total. The standard InChI is InChI=1S/C47H29N3S/c1-2-12-30(13-3-1)43-29-44(50-47(49-43)42-27-24-31-14-4-8-22-41(31)48-42)38-26-25-34(36-17-5-6-18-37(36)38)32-15-10-16-33(28-32)35-20-11-21-40-39-19-7-9-23-45(39)51-46(35)40/h1-29H. The molecule has 0 atom stereocenters. The minimum absolute atomic E-state index is 0.605. The first-order valence-electron chi connectivity index (χ1n) is 17.1. The zero-order chi connectivity index (χ0) is 33.7. The van der Waals surface area contributed by atoms with Gasteiger partial charge in [0, 0.05) is 36.7 Å². The summed E-state index contributed by atoms with van der Waals surface area (Å²) in [5.41, 5.74) is 10.3. The number of benzene rings is 7. The SMILES string of the molecule is c1ccc(-c2cc(-c3ccc(-c4cccc(-c5cccc6c5sc5ccccc56)c4)c4ccccc34)nc(-c3ccc4ccccc4n3)n2)cc1. The van der Waals surface area contributed by atoms with Gasteiger partial charge in [-0.3, -0.25) is 0 Å². The second kappa shape index (κ2) is 12.1. The predicted octanol–water partition coefficient (Wildman–Crippen LogP) is 12.9. The Balaban J connectivity index is 1.12. The fourth-order valence-corrected chi connectivity index (χ4v) is 8.49. The number of thiophene rings is 1. The van der Waals surface area contributed by atoms with Gasteiger partial charge in [-0.2, -0.15) is 0 Å². The van der Waals surface area contributed by atoms with Crippen molar-refractivity contribution in [1.29, 1.82) is 0 Å². The number of aromatic nitrogens is 3. The molecule has 0 unspecified atom stereocenters. The predicted molar refractivity (Wildman–Crippen MR) is 215 cm³/mol. The maximum absolute atomic E-state index is 5.19. The molecule has 0 spiro atoms. The largest absolute Gasteiger partial charge is 0.244 e. The maximum Gasteiger partial charge on any atom is 0.179 e. The fraction of sp³-hybridized carbons (Fsp3) is 0. The average Bonchev–Trinajstić information content (AvgIpc) is 3.59. The molecule has 3 heterocycles. The number of nitrogens with zero attached hydrogens (tertiary/aromatic N) is 3. The van der Waals surface area contributed by atoms with E-state index in [1.54, 1.807) is 0 Å². The summed E-state index contributed by atoms with van der Waals surface area (Å²) in [6.07, 6.45) is 0. The Labute approximate surface area is 299 Å². The molecule has 4 heteroatoms. The summed E-state index contributed by atoms with van der Waals surface area (Å²) < 4.78 is 2.64. The molecule has 3 nitrogen and oxygen atoms in total. The van der Waals surface area contributed by atoms with Crippen LogP contribution in [0.2, 0.25) is 0 Å². The van der Waals surface area contributed by atoms with Crippen molar-refractivity contribution in [2.45, 2.75) is 0 Å². The normalized spacial score (nSPS) is 11.5. The average molecular weight is 668 g/mol. The third-order valence-electron chi connectivity index (χ3n) is 9.71. The second-order valence-electron chi connectivity index (χ2n) is 12.8. The van der Waals surface area contributed by atoms with Crippen molar-refractivity contribution in [2.24, 2.45) is 0 Å². The van der Waals surface area contributed by atoms with Gasteiger partial charge in [0.05, 0.1) is 16.9 Å². The lowest BCUT2D eigenvalue weighted by Gasteiger charge is -2.14. The van der Waals surface area contributed by atoms with E-state index in [2.05, 4.69) is 133 Å². The van der Waals surface area contributed by atoms with E-state index in [4.69, 9.17) is 15.0 Å². The van der Waals surface area contributed by atoms with Crippen LogP contribution in [0.3, 0.4) is 0 Å². The molecule has 0 aliphatic rings. The van der Waals surface area contributed by atoms with E-state index in [0.29, 0.717) is 5.82 Å². The van der Waals surface area contributed by atoms with Crippen molar-refractivity contribution in [3.8, 4) is 56.3 Å². The summed E-state index contributed by atoms with van der Waals surface area (Å²) in [5, 5.41) is 6.04. The van der Waals surface area contributed by atoms with Crippen molar-refractivity contribution in [2.75, 3.05) is 0 Å². The van der Waals surface area contributed by atoms with Crippen LogP contribution >= 0.6 is 11.3 Å². The molecule has 238 valence electrons. The van der Waals surface area contributed by atoms with Crippen LogP contribution in [0.1, 0.15) is 0 Å². The zero-order valence-electron chi connectivity index (χ0n) is 27.5. The summed E-state index contributed by atoms with van der Waals surface area (Å²) in [5.74, 6) is 0.605. The Kier molecular flexibility index (Phi) is 7.00. The van der Waals surface area contributed by atoms with Gasteiger partial charge in [-0.15, -0.1) is 11.3 Å². The van der Waals surface area contributed by atoms with E-state index in [1.165, 1.54) is 47.8 Å². The van der Waals surface area contributed by atoms with Gasteiger partial charge in [-0.05, 0) is 63.4 Å². The number of para-hydroxylation sites is 1. The van der Waals surface area contributed by atoms with Gasteiger partial charge < -0.3 is 0 Å². The molecule has 0 bridgehead atoms. The highest BCUT2D eigenvalue weighted by molar-refractivity contribution is 7.26. The molecule has 51 heavy (non-hydrogen) atoms. The van der Waals surface area contributed by atoms with Crippen molar-refractivity contribution in [3.05, 3.63) is 176 Å². The quantitative estimate of drug-likeness (QED) is 0.183. The van der Waals surface area contributed by atoms with Gasteiger partial charge in [-0.1, -0.05) is 146 Å². The van der Waals surface area contributed by atoms with E-state index < -0.39 is 0 Å². The van der Waals surface area contributed by atoms with E-state index >= 15 is 0 Å². The molecule has 0 saturated carbocycles. The first-order chi connectivity index (χ1) is 25.3.